The van der Waals surface area contributed by atoms with E-state index in [9.17, 15) is 4.39 Å². The second kappa shape index (κ2) is 6.83. The molecule has 0 bridgehead atoms. The summed E-state index contributed by atoms with van der Waals surface area (Å²) in [6.45, 7) is 5.22. The molecule has 0 aliphatic heterocycles. The Morgan fingerprint density at radius 3 is 2.79 bits per heavy atom. The predicted molar refractivity (Wildman–Crippen MR) is 80.2 cm³/mol. The number of thiophene rings is 1. The molecule has 102 valence electrons. The van der Waals surface area contributed by atoms with Gasteiger partial charge in [-0.3, -0.25) is 0 Å². The van der Waals surface area contributed by atoms with Gasteiger partial charge in [0, 0.05) is 15.8 Å². The van der Waals surface area contributed by atoms with Crippen molar-refractivity contribution in [3.8, 4) is 0 Å². The van der Waals surface area contributed by atoms with Crippen LogP contribution in [-0.2, 0) is 12.8 Å². The van der Waals surface area contributed by atoms with Crippen LogP contribution in [0.25, 0.3) is 0 Å². The largest absolute Gasteiger partial charge is 0.309 e. The lowest BCUT2D eigenvalue weighted by Crippen LogP contribution is -2.20. The summed E-state index contributed by atoms with van der Waals surface area (Å²) < 4.78 is 13.0. The van der Waals surface area contributed by atoms with Crippen LogP contribution in [0.2, 0.25) is 0 Å². The van der Waals surface area contributed by atoms with E-state index in [1.807, 2.05) is 17.4 Å². The highest BCUT2D eigenvalue weighted by molar-refractivity contribution is 7.12. The molecule has 1 nitrogen and oxygen atoms in total. The van der Waals surface area contributed by atoms with Gasteiger partial charge in [0.05, 0.1) is 0 Å². The maximum atomic E-state index is 13.0. The van der Waals surface area contributed by atoms with E-state index < -0.39 is 0 Å². The summed E-state index contributed by atoms with van der Waals surface area (Å²) in [5.74, 6) is -0.156. The van der Waals surface area contributed by atoms with Crippen LogP contribution in [0.15, 0.2) is 36.4 Å². The minimum atomic E-state index is -0.156. The van der Waals surface area contributed by atoms with Crippen molar-refractivity contribution in [1.82, 2.24) is 5.32 Å². The zero-order chi connectivity index (χ0) is 13.7. The summed E-state index contributed by atoms with van der Waals surface area (Å²) in [7, 11) is 0. The van der Waals surface area contributed by atoms with Crippen molar-refractivity contribution in [2.24, 2.45) is 0 Å². The Kier molecular flexibility index (Phi) is 5.11. The summed E-state index contributed by atoms with van der Waals surface area (Å²) in [6.07, 6.45) is 1.95. The van der Waals surface area contributed by atoms with Crippen molar-refractivity contribution >= 4 is 11.3 Å². The lowest BCUT2D eigenvalue weighted by Gasteiger charge is -2.12. The predicted octanol–water partition coefficient (Wildman–Crippen LogP) is 4.34. The first-order valence-corrected chi connectivity index (χ1v) is 7.57. The van der Waals surface area contributed by atoms with Crippen molar-refractivity contribution in [1.29, 1.82) is 0 Å². The fraction of sp³-hybridized carbons (Fsp3) is 0.375. The molecule has 1 aromatic carbocycles. The number of hydrogen-bond acceptors (Lipinski definition) is 2. The molecule has 0 fully saturated rings. The number of rotatable bonds is 6. The highest BCUT2D eigenvalue weighted by Gasteiger charge is 2.07. The molecule has 19 heavy (non-hydrogen) atoms. The molecule has 1 aromatic heterocycles. The second-order valence-corrected chi connectivity index (χ2v) is 5.91. The van der Waals surface area contributed by atoms with E-state index >= 15 is 0 Å². The molecule has 0 aliphatic rings. The summed E-state index contributed by atoms with van der Waals surface area (Å²) in [5.41, 5.74) is 1.04. The Morgan fingerprint density at radius 2 is 2.11 bits per heavy atom. The molecule has 0 aliphatic carbocycles. The Balaban J connectivity index is 1.82. The smallest absolute Gasteiger partial charge is 0.123 e. The number of benzene rings is 1. The molecule has 1 atom stereocenters. The van der Waals surface area contributed by atoms with Crippen molar-refractivity contribution in [2.45, 2.75) is 32.7 Å². The summed E-state index contributed by atoms with van der Waals surface area (Å²) in [6, 6.07) is 11.6. The first kappa shape index (κ1) is 14.2. The molecule has 2 rings (SSSR count). The van der Waals surface area contributed by atoms with Gasteiger partial charge in [-0.2, -0.15) is 0 Å². The van der Waals surface area contributed by atoms with E-state index in [1.165, 1.54) is 15.8 Å². The highest BCUT2D eigenvalue weighted by Crippen LogP contribution is 2.23. The number of hydrogen-bond donors (Lipinski definition) is 1. The molecule has 0 saturated carbocycles. The SMILES string of the molecule is CCc1ccc(C(C)NCCc2cccc(F)c2)s1. The van der Waals surface area contributed by atoms with E-state index in [1.54, 1.807) is 12.1 Å². The zero-order valence-corrected chi connectivity index (χ0v) is 12.3. The van der Waals surface area contributed by atoms with Gasteiger partial charge in [-0.05, 0) is 56.1 Å². The molecule has 1 heterocycles. The molecule has 3 heteroatoms. The lowest BCUT2D eigenvalue weighted by atomic mass is 10.1. The zero-order valence-electron chi connectivity index (χ0n) is 11.4. The van der Waals surface area contributed by atoms with Crippen molar-refractivity contribution < 1.29 is 4.39 Å². The topological polar surface area (TPSA) is 12.0 Å². The minimum Gasteiger partial charge on any atom is -0.309 e. The summed E-state index contributed by atoms with van der Waals surface area (Å²) in [4.78, 5) is 2.80. The van der Waals surface area contributed by atoms with Crippen molar-refractivity contribution in [2.75, 3.05) is 6.54 Å². The third-order valence-corrected chi connectivity index (χ3v) is 4.62. The van der Waals surface area contributed by atoms with Gasteiger partial charge in [0.25, 0.3) is 0 Å². The minimum absolute atomic E-state index is 0.156. The Bertz CT molecular complexity index is 521. The molecule has 1 N–H and O–H groups in total. The van der Waals surface area contributed by atoms with Crippen LogP contribution < -0.4 is 5.32 Å². The molecular formula is C16H20FNS. The fourth-order valence-electron chi connectivity index (χ4n) is 2.04. The van der Waals surface area contributed by atoms with Gasteiger partial charge < -0.3 is 5.32 Å². The molecular weight excluding hydrogens is 257 g/mol. The number of nitrogens with one attached hydrogen (secondary N) is 1. The molecule has 0 radical (unpaired) electrons. The third-order valence-electron chi connectivity index (χ3n) is 3.21. The maximum absolute atomic E-state index is 13.0. The Hall–Kier alpha value is -1.19. The maximum Gasteiger partial charge on any atom is 0.123 e. The van der Waals surface area contributed by atoms with E-state index in [0.717, 1.165) is 24.9 Å². The van der Waals surface area contributed by atoms with Crippen LogP contribution in [0, 0.1) is 5.82 Å². The molecule has 2 aromatic rings. The average Bonchev–Trinajstić information content (AvgIpc) is 2.87. The van der Waals surface area contributed by atoms with E-state index in [4.69, 9.17) is 0 Å². The Labute approximate surface area is 118 Å². The molecule has 0 saturated heterocycles. The van der Waals surface area contributed by atoms with Gasteiger partial charge in [0.15, 0.2) is 0 Å². The molecule has 0 spiro atoms. The van der Waals surface area contributed by atoms with Crippen LogP contribution in [0.3, 0.4) is 0 Å². The van der Waals surface area contributed by atoms with E-state index in [0.29, 0.717) is 6.04 Å². The van der Waals surface area contributed by atoms with Crippen molar-refractivity contribution in [3.05, 3.63) is 57.5 Å². The first-order chi connectivity index (χ1) is 9.19. The van der Waals surface area contributed by atoms with E-state index in [-0.39, 0.29) is 5.82 Å². The highest BCUT2D eigenvalue weighted by atomic mass is 32.1. The van der Waals surface area contributed by atoms with Gasteiger partial charge in [0.2, 0.25) is 0 Å². The van der Waals surface area contributed by atoms with Gasteiger partial charge >= 0.3 is 0 Å². The average molecular weight is 277 g/mol. The monoisotopic (exact) mass is 277 g/mol. The van der Waals surface area contributed by atoms with Crippen LogP contribution >= 0.6 is 11.3 Å². The number of halogens is 1. The van der Waals surface area contributed by atoms with E-state index in [2.05, 4.69) is 31.3 Å². The molecule has 0 amide bonds. The third kappa shape index (κ3) is 4.15. The molecule has 1 unspecified atom stereocenters. The van der Waals surface area contributed by atoms with Gasteiger partial charge in [0.1, 0.15) is 5.82 Å². The van der Waals surface area contributed by atoms with Crippen LogP contribution in [-0.4, -0.2) is 6.54 Å². The van der Waals surface area contributed by atoms with Crippen LogP contribution in [0.1, 0.15) is 35.2 Å². The quantitative estimate of drug-likeness (QED) is 0.828. The standard InChI is InChI=1S/C16H20FNS/c1-3-15-7-8-16(19-15)12(2)18-10-9-13-5-4-6-14(17)11-13/h4-8,11-12,18H,3,9-10H2,1-2H3. The lowest BCUT2D eigenvalue weighted by molar-refractivity contribution is 0.581. The summed E-state index contributed by atoms with van der Waals surface area (Å²) in [5, 5.41) is 3.49. The Morgan fingerprint density at radius 1 is 1.26 bits per heavy atom. The van der Waals surface area contributed by atoms with Crippen molar-refractivity contribution in [3.63, 3.8) is 0 Å². The first-order valence-electron chi connectivity index (χ1n) is 6.75. The fourth-order valence-corrected chi connectivity index (χ4v) is 3.02. The van der Waals surface area contributed by atoms with Gasteiger partial charge in [-0.1, -0.05) is 19.1 Å². The van der Waals surface area contributed by atoms with Gasteiger partial charge in [-0.25, -0.2) is 4.39 Å². The van der Waals surface area contributed by atoms with Crippen LogP contribution in [0.4, 0.5) is 4.39 Å². The summed E-state index contributed by atoms with van der Waals surface area (Å²) >= 11 is 1.87. The van der Waals surface area contributed by atoms with Crippen LogP contribution in [0.5, 0.6) is 0 Å². The van der Waals surface area contributed by atoms with Gasteiger partial charge in [-0.15, -0.1) is 11.3 Å². The number of aryl methyl sites for hydroxylation is 1. The second-order valence-electron chi connectivity index (χ2n) is 4.71. The normalized spacial score (nSPS) is 12.6.